The van der Waals surface area contributed by atoms with E-state index in [1.165, 1.54) is 11.4 Å². The number of aliphatic hydroxyl groups is 1. The summed E-state index contributed by atoms with van der Waals surface area (Å²) < 4.78 is 24.6. The van der Waals surface area contributed by atoms with Crippen molar-refractivity contribution in [2.45, 2.75) is 39.5 Å². The Kier molecular flexibility index (Phi) is 6.10. The molecule has 0 saturated heterocycles. The van der Waals surface area contributed by atoms with Crippen LogP contribution in [0.1, 0.15) is 39.5 Å². The van der Waals surface area contributed by atoms with Gasteiger partial charge in [-0.05, 0) is 19.3 Å². The smallest absolute Gasteiger partial charge is 0.213 e. The average Bonchev–Trinajstić information content (AvgIpc) is 2.38. The minimum atomic E-state index is -3.31. The predicted octanol–water partition coefficient (Wildman–Crippen LogP) is 1.43. The third kappa shape index (κ3) is 4.38. The maximum Gasteiger partial charge on any atom is 0.213 e. The quantitative estimate of drug-likeness (QED) is 0.717. The molecule has 1 aliphatic rings. The number of hydrogen-bond acceptors (Lipinski definition) is 5. The van der Waals surface area contributed by atoms with Crippen LogP contribution in [0.2, 0.25) is 0 Å². The lowest BCUT2D eigenvalue weighted by Crippen LogP contribution is -2.36. The highest BCUT2D eigenvalue weighted by Crippen LogP contribution is 2.28. The molecule has 1 N–H and O–H groups in total. The van der Waals surface area contributed by atoms with Gasteiger partial charge in [0.25, 0.3) is 0 Å². The summed E-state index contributed by atoms with van der Waals surface area (Å²) in [6.07, 6.45) is 1.11. The number of carbonyl (C=O) groups is 2. The lowest BCUT2D eigenvalue weighted by atomic mass is 9.84. The van der Waals surface area contributed by atoms with E-state index in [-0.39, 0.29) is 60.4 Å². The molecule has 1 aliphatic carbocycles. The number of Topliss-reactive ketones (excluding diaryl/α,β-unsaturated/α-hetero) is 2. The molecule has 21 heavy (non-hydrogen) atoms. The van der Waals surface area contributed by atoms with Crippen molar-refractivity contribution in [3.63, 3.8) is 0 Å². The molecule has 0 heterocycles. The van der Waals surface area contributed by atoms with Gasteiger partial charge >= 0.3 is 0 Å². The highest BCUT2D eigenvalue weighted by Gasteiger charge is 2.32. The average molecular weight is 317 g/mol. The van der Waals surface area contributed by atoms with Crippen LogP contribution in [0, 0.1) is 5.92 Å². The summed E-state index contributed by atoms with van der Waals surface area (Å²) in [7, 11) is -1.85. The molecule has 0 aromatic rings. The van der Waals surface area contributed by atoms with Crippen LogP contribution in [-0.2, 0) is 19.6 Å². The van der Waals surface area contributed by atoms with Gasteiger partial charge in [0.1, 0.15) is 5.76 Å². The molecule has 7 heteroatoms. The minimum absolute atomic E-state index is 0.00771. The number of carbonyl (C=O) groups excluding carboxylic acids is 2. The second-order valence-electron chi connectivity index (χ2n) is 5.37. The molecule has 0 saturated carbocycles. The second-order valence-corrected chi connectivity index (χ2v) is 7.74. The van der Waals surface area contributed by atoms with Crippen molar-refractivity contribution in [3.8, 4) is 0 Å². The first-order valence-electron chi connectivity index (χ1n) is 7.15. The summed E-state index contributed by atoms with van der Waals surface area (Å²) in [5.74, 6) is -1.21. The van der Waals surface area contributed by atoms with Crippen LogP contribution in [0.15, 0.2) is 11.3 Å². The maximum absolute atomic E-state index is 12.0. The van der Waals surface area contributed by atoms with E-state index in [1.807, 2.05) is 6.92 Å². The first kappa shape index (κ1) is 17.8. The molecule has 1 rings (SSSR count). The SMILES string of the molecule is CCCC(=O)C1=C(O)CC(CN(C)S(=O)(=O)CC)CC1=O. The topological polar surface area (TPSA) is 91.8 Å². The fraction of sp³-hybridized carbons (Fsp3) is 0.714. The molecule has 0 fully saturated rings. The van der Waals surface area contributed by atoms with Crippen LogP contribution < -0.4 is 0 Å². The highest BCUT2D eigenvalue weighted by atomic mass is 32.2. The number of hydrogen-bond donors (Lipinski definition) is 1. The van der Waals surface area contributed by atoms with Crippen LogP contribution >= 0.6 is 0 Å². The van der Waals surface area contributed by atoms with E-state index in [0.717, 1.165) is 0 Å². The lowest BCUT2D eigenvalue weighted by molar-refractivity contribution is -0.123. The van der Waals surface area contributed by atoms with Gasteiger partial charge in [0.05, 0.1) is 11.3 Å². The summed E-state index contributed by atoms with van der Waals surface area (Å²) in [6, 6.07) is 0. The molecule has 0 spiro atoms. The van der Waals surface area contributed by atoms with Gasteiger partial charge in [0.15, 0.2) is 11.6 Å². The van der Waals surface area contributed by atoms with Gasteiger partial charge < -0.3 is 5.11 Å². The Hall–Kier alpha value is -1.21. The summed E-state index contributed by atoms with van der Waals surface area (Å²) in [4.78, 5) is 23.8. The van der Waals surface area contributed by atoms with Crippen LogP contribution in [-0.4, -0.2) is 48.7 Å². The van der Waals surface area contributed by atoms with Gasteiger partial charge in [0, 0.05) is 32.9 Å². The zero-order valence-electron chi connectivity index (χ0n) is 12.8. The second kappa shape index (κ2) is 7.17. The Morgan fingerprint density at radius 3 is 2.43 bits per heavy atom. The monoisotopic (exact) mass is 317 g/mol. The van der Waals surface area contributed by atoms with Gasteiger partial charge in [-0.1, -0.05) is 6.92 Å². The van der Waals surface area contributed by atoms with E-state index in [2.05, 4.69) is 0 Å². The number of nitrogens with zero attached hydrogens (tertiary/aromatic N) is 1. The molecule has 0 aromatic carbocycles. The minimum Gasteiger partial charge on any atom is -0.511 e. The summed E-state index contributed by atoms with van der Waals surface area (Å²) in [5, 5.41) is 9.95. The third-order valence-electron chi connectivity index (χ3n) is 3.63. The fourth-order valence-corrected chi connectivity index (χ4v) is 3.35. The van der Waals surface area contributed by atoms with Gasteiger partial charge in [-0.2, -0.15) is 0 Å². The maximum atomic E-state index is 12.0. The number of allylic oxidation sites excluding steroid dienone is 2. The zero-order valence-corrected chi connectivity index (χ0v) is 13.6. The molecule has 1 unspecified atom stereocenters. The first-order chi connectivity index (χ1) is 9.72. The van der Waals surface area contributed by atoms with Crippen LogP contribution in [0.5, 0.6) is 0 Å². The van der Waals surface area contributed by atoms with Crippen molar-refractivity contribution in [3.05, 3.63) is 11.3 Å². The first-order valence-corrected chi connectivity index (χ1v) is 8.76. The lowest BCUT2D eigenvalue weighted by Gasteiger charge is -2.26. The highest BCUT2D eigenvalue weighted by molar-refractivity contribution is 7.89. The normalized spacial score (nSPS) is 20.2. The molecule has 120 valence electrons. The Morgan fingerprint density at radius 1 is 1.33 bits per heavy atom. The molecule has 0 bridgehead atoms. The van der Waals surface area contributed by atoms with E-state index in [4.69, 9.17) is 0 Å². The standard InChI is InChI=1S/C14H23NO5S/c1-4-6-11(16)14-12(17)7-10(8-13(14)18)9-15(3)21(19,20)5-2/h10,17H,4-9H2,1-3H3. The van der Waals surface area contributed by atoms with Gasteiger partial charge in [-0.25, -0.2) is 12.7 Å². The number of ketones is 2. The van der Waals surface area contributed by atoms with Crippen molar-refractivity contribution in [1.29, 1.82) is 0 Å². The largest absolute Gasteiger partial charge is 0.511 e. The van der Waals surface area contributed by atoms with Crippen molar-refractivity contribution in [2.75, 3.05) is 19.3 Å². The summed E-state index contributed by atoms with van der Waals surface area (Å²) in [5.41, 5.74) is -0.0888. The van der Waals surface area contributed by atoms with E-state index in [9.17, 15) is 23.1 Å². The summed E-state index contributed by atoms with van der Waals surface area (Å²) in [6.45, 7) is 3.55. The van der Waals surface area contributed by atoms with Crippen LogP contribution in [0.25, 0.3) is 0 Å². The predicted molar refractivity (Wildman–Crippen MR) is 79.4 cm³/mol. The zero-order chi connectivity index (χ0) is 16.2. The van der Waals surface area contributed by atoms with E-state index >= 15 is 0 Å². The Bertz CT molecular complexity index is 550. The number of sulfonamides is 1. The molecule has 6 nitrogen and oxygen atoms in total. The Balaban J connectivity index is 2.83. The van der Waals surface area contributed by atoms with Crippen LogP contribution in [0.3, 0.4) is 0 Å². The number of rotatable bonds is 7. The molecule has 1 atom stereocenters. The van der Waals surface area contributed by atoms with Crippen molar-refractivity contribution >= 4 is 21.6 Å². The van der Waals surface area contributed by atoms with Gasteiger partial charge in [0.2, 0.25) is 10.0 Å². The molecule has 0 aliphatic heterocycles. The van der Waals surface area contributed by atoms with Crippen molar-refractivity contribution < 1.29 is 23.1 Å². The van der Waals surface area contributed by atoms with Gasteiger partial charge in [-0.3, -0.25) is 9.59 Å². The fourth-order valence-electron chi connectivity index (χ4n) is 2.47. The van der Waals surface area contributed by atoms with Crippen molar-refractivity contribution in [1.82, 2.24) is 4.31 Å². The molecular weight excluding hydrogens is 294 g/mol. The van der Waals surface area contributed by atoms with E-state index < -0.39 is 10.0 Å². The van der Waals surface area contributed by atoms with E-state index in [0.29, 0.717) is 6.42 Å². The molecular formula is C14H23NO5S. The van der Waals surface area contributed by atoms with Crippen LogP contribution in [0.4, 0.5) is 0 Å². The number of aliphatic hydroxyl groups excluding tert-OH is 1. The van der Waals surface area contributed by atoms with Crippen molar-refractivity contribution in [2.24, 2.45) is 5.92 Å². The third-order valence-corrected chi connectivity index (χ3v) is 5.46. The van der Waals surface area contributed by atoms with E-state index in [1.54, 1.807) is 6.92 Å². The molecule has 0 radical (unpaired) electrons. The van der Waals surface area contributed by atoms with Gasteiger partial charge in [-0.15, -0.1) is 0 Å². The Labute approximate surface area is 125 Å². The molecule has 0 aromatic heterocycles. The Morgan fingerprint density at radius 2 is 1.95 bits per heavy atom. The molecule has 0 amide bonds. The summed E-state index contributed by atoms with van der Waals surface area (Å²) >= 11 is 0.